The van der Waals surface area contributed by atoms with Gasteiger partial charge in [-0.15, -0.1) is 0 Å². The van der Waals surface area contributed by atoms with E-state index >= 15 is 0 Å². The van der Waals surface area contributed by atoms with E-state index < -0.39 is 29.7 Å². The molecule has 0 aliphatic rings. The van der Waals surface area contributed by atoms with E-state index in [4.69, 9.17) is 16.3 Å². The van der Waals surface area contributed by atoms with Crippen molar-refractivity contribution < 1.29 is 27.5 Å². The molecule has 0 spiro atoms. The fourth-order valence-electron chi connectivity index (χ4n) is 2.71. The number of ether oxygens (including phenoxy) is 1. The number of hydrogen-bond acceptors (Lipinski definition) is 4. The van der Waals surface area contributed by atoms with E-state index in [-0.39, 0.29) is 16.3 Å². The monoisotopic (exact) mass is 442 g/mol. The number of hydrogen-bond donors (Lipinski definition) is 1. The number of carbonyl (C=O) groups excluding carboxylic acids is 2. The van der Waals surface area contributed by atoms with Crippen LogP contribution in [0.4, 0.5) is 24.5 Å². The van der Waals surface area contributed by atoms with Crippen LogP contribution in [0.25, 0.3) is 0 Å². The van der Waals surface area contributed by atoms with Gasteiger partial charge in [0.25, 0.3) is 5.91 Å². The van der Waals surface area contributed by atoms with Gasteiger partial charge in [-0.2, -0.15) is 13.2 Å². The lowest BCUT2D eigenvalue weighted by Crippen LogP contribution is -2.30. The molecule has 0 heterocycles. The molecule has 2 aromatic carbocycles. The molecule has 1 N–H and O–H groups in total. The van der Waals surface area contributed by atoms with Gasteiger partial charge in [0.15, 0.2) is 6.10 Å². The van der Waals surface area contributed by atoms with Gasteiger partial charge >= 0.3 is 12.1 Å². The van der Waals surface area contributed by atoms with E-state index in [1.165, 1.54) is 6.92 Å². The second-order valence-corrected chi connectivity index (χ2v) is 6.86. The minimum atomic E-state index is -4.58. The van der Waals surface area contributed by atoms with Crippen LogP contribution in [-0.2, 0) is 15.7 Å². The second-order valence-electron chi connectivity index (χ2n) is 6.45. The Hall–Kier alpha value is -2.74. The molecule has 0 unspecified atom stereocenters. The van der Waals surface area contributed by atoms with Crippen LogP contribution in [0.1, 0.15) is 36.7 Å². The van der Waals surface area contributed by atoms with Crippen LogP contribution in [0.3, 0.4) is 0 Å². The van der Waals surface area contributed by atoms with Crippen LogP contribution in [0.2, 0.25) is 5.02 Å². The van der Waals surface area contributed by atoms with Crippen LogP contribution in [0.5, 0.6) is 0 Å². The molecule has 0 aromatic heterocycles. The molecular formula is C21H22ClF3N2O3. The lowest BCUT2D eigenvalue weighted by Gasteiger charge is -2.21. The van der Waals surface area contributed by atoms with Gasteiger partial charge in [0, 0.05) is 18.8 Å². The first-order chi connectivity index (χ1) is 14.1. The molecule has 0 aliphatic carbocycles. The number of anilines is 2. The second kappa shape index (κ2) is 9.84. The third kappa shape index (κ3) is 5.89. The maximum Gasteiger partial charge on any atom is 0.416 e. The first-order valence-corrected chi connectivity index (χ1v) is 9.68. The van der Waals surface area contributed by atoms with Crippen LogP contribution in [0.15, 0.2) is 42.5 Å². The molecule has 2 aromatic rings. The standard InChI is InChI=1S/C21H22ClF3N2O3/c1-4-27(5-2)16-9-6-14(7-10-16)20(29)30-13(3)19(28)26-18-12-15(21(23,24)25)8-11-17(18)22/h6-13H,4-5H2,1-3H3,(H,26,28)/t13-/m1/s1. The van der Waals surface area contributed by atoms with Gasteiger partial charge in [-0.25, -0.2) is 4.79 Å². The highest BCUT2D eigenvalue weighted by Crippen LogP contribution is 2.33. The summed E-state index contributed by atoms with van der Waals surface area (Å²) in [6, 6.07) is 9.29. The number of benzene rings is 2. The van der Waals surface area contributed by atoms with E-state index in [2.05, 4.69) is 10.2 Å². The Morgan fingerprint density at radius 1 is 1.10 bits per heavy atom. The molecule has 1 amide bonds. The highest BCUT2D eigenvalue weighted by Gasteiger charge is 2.31. The Morgan fingerprint density at radius 2 is 1.70 bits per heavy atom. The van der Waals surface area contributed by atoms with E-state index in [9.17, 15) is 22.8 Å². The molecule has 9 heteroatoms. The van der Waals surface area contributed by atoms with E-state index in [0.717, 1.165) is 37.0 Å². The van der Waals surface area contributed by atoms with Gasteiger partial charge in [0.1, 0.15) is 0 Å². The summed E-state index contributed by atoms with van der Waals surface area (Å²) in [7, 11) is 0. The van der Waals surface area contributed by atoms with E-state index in [0.29, 0.717) is 0 Å². The highest BCUT2D eigenvalue weighted by molar-refractivity contribution is 6.33. The highest BCUT2D eigenvalue weighted by atomic mass is 35.5. The summed E-state index contributed by atoms with van der Waals surface area (Å²) in [6.45, 7) is 6.98. The molecule has 0 saturated carbocycles. The number of nitrogens with zero attached hydrogens (tertiary/aromatic N) is 1. The maximum atomic E-state index is 12.9. The molecular weight excluding hydrogens is 421 g/mol. The first-order valence-electron chi connectivity index (χ1n) is 9.30. The zero-order valence-corrected chi connectivity index (χ0v) is 17.5. The van der Waals surface area contributed by atoms with Crippen LogP contribution < -0.4 is 10.2 Å². The number of amides is 1. The molecule has 0 radical (unpaired) electrons. The van der Waals surface area contributed by atoms with Crippen molar-refractivity contribution in [3.8, 4) is 0 Å². The predicted octanol–water partition coefficient (Wildman–Crippen LogP) is 5.39. The Bertz CT molecular complexity index is 897. The van der Waals surface area contributed by atoms with Gasteiger partial charge in [-0.05, 0) is 63.2 Å². The summed E-state index contributed by atoms with van der Waals surface area (Å²) in [6.07, 6.45) is -5.83. The maximum absolute atomic E-state index is 12.9. The summed E-state index contributed by atoms with van der Waals surface area (Å²) >= 11 is 5.87. The smallest absolute Gasteiger partial charge is 0.416 e. The summed E-state index contributed by atoms with van der Waals surface area (Å²) in [5, 5.41) is 2.20. The Morgan fingerprint density at radius 3 is 2.23 bits per heavy atom. The Kier molecular flexibility index (Phi) is 7.72. The first kappa shape index (κ1) is 23.5. The van der Waals surface area contributed by atoms with Crippen molar-refractivity contribution in [2.24, 2.45) is 0 Å². The number of carbonyl (C=O) groups is 2. The van der Waals surface area contributed by atoms with Crippen LogP contribution in [-0.4, -0.2) is 31.1 Å². The van der Waals surface area contributed by atoms with Crippen molar-refractivity contribution >= 4 is 34.9 Å². The molecule has 0 aliphatic heterocycles. The molecule has 1 atom stereocenters. The summed E-state index contributed by atoms with van der Waals surface area (Å²) < 4.78 is 43.7. The summed E-state index contributed by atoms with van der Waals surface area (Å²) in [5.41, 5.74) is 0.0206. The number of alkyl halides is 3. The van der Waals surface area contributed by atoms with E-state index in [1.807, 2.05) is 13.8 Å². The van der Waals surface area contributed by atoms with E-state index in [1.54, 1.807) is 24.3 Å². The van der Waals surface area contributed by atoms with Crippen molar-refractivity contribution in [1.82, 2.24) is 0 Å². The zero-order valence-electron chi connectivity index (χ0n) is 16.7. The third-order valence-electron chi connectivity index (χ3n) is 4.44. The molecule has 5 nitrogen and oxygen atoms in total. The average Bonchev–Trinajstić information content (AvgIpc) is 2.70. The molecule has 0 saturated heterocycles. The summed E-state index contributed by atoms with van der Waals surface area (Å²) in [5.74, 6) is -1.52. The lowest BCUT2D eigenvalue weighted by atomic mass is 10.2. The van der Waals surface area contributed by atoms with Crippen molar-refractivity contribution in [3.05, 3.63) is 58.6 Å². The fraction of sp³-hybridized carbons (Fsp3) is 0.333. The Balaban J connectivity index is 2.04. The summed E-state index contributed by atoms with van der Waals surface area (Å²) in [4.78, 5) is 26.7. The van der Waals surface area contributed by atoms with Crippen LogP contribution >= 0.6 is 11.6 Å². The van der Waals surface area contributed by atoms with Crippen molar-refractivity contribution in [2.45, 2.75) is 33.1 Å². The quantitative estimate of drug-likeness (QED) is 0.584. The zero-order chi connectivity index (χ0) is 22.5. The van der Waals surface area contributed by atoms with Gasteiger partial charge in [-0.1, -0.05) is 11.6 Å². The molecule has 30 heavy (non-hydrogen) atoms. The number of halogens is 4. The third-order valence-corrected chi connectivity index (χ3v) is 4.77. The molecule has 162 valence electrons. The topological polar surface area (TPSA) is 58.6 Å². The SMILES string of the molecule is CCN(CC)c1ccc(C(=O)O[C@H](C)C(=O)Nc2cc(C(F)(F)F)ccc2Cl)cc1. The number of esters is 1. The van der Waals surface area contributed by atoms with Gasteiger partial charge in [0.2, 0.25) is 0 Å². The molecule has 0 bridgehead atoms. The van der Waals surface area contributed by atoms with Gasteiger partial charge < -0.3 is 15.0 Å². The number of rotatable bonds is 7. The normalized spacial score (nSPS) is 12.2. The predicted molar refractivity (Wildman–Crippen MR) is 110 cm³/mol. The Labute approximate surface area is 177 Å². The average molecular weight is 443 g/mol. The molecule has 2 rings (SSSR count). The minimum Gasteiger partial charge on any atom is -0.449 e. The minimum absolute atomic E-state index is 0.0677. The largest absolute Gasteiger partial charge is 0.449 e. The van der Waals surface area contributed by atoms with Crippen molar-refractivity contribution in [3.63, 3.8) is 0 Å². The lowest BCUT2D eigenvalue weighted by molar-refractivity contribution is -0.137. The van der Waals surface area contributed by atoms with Crippen molar-refractivity contribution in [2.75, 3.05) is 23.3 Å². The van der Waals surface area contributed by atoms with Crippen molar-refractivity contribution in [1.29, 1.82) is 0 Å². The van der Waals surface area contributed by atoms with Crippen LogP contribution in [0, 0.1) is 0 Å². The van der Waals surface area contributed by atoms with Gasteiger partial charge in [-0.3, -0.25) is 4.79 Å². The van der Waals surface area contributed by atoms with Gasteiger partial charge in [0.05, 0.1) is 21.8 Å². The molecule has 0 fully saturated rings. The number of nitrogens with one attached hydrogen (secondary N) is 1. The fourth-order valence-corrected chi connectivity index (χ4v) is 2.88.